The van der Waals surface area contributed by atoms with E-state index in [0.717, 1.165) is 33.2 Å². The van der Waals surface area contributed by atoms with Crippen LogP contribution in [0.1, 0.15) is 26.3 Å². The van der Waals surface area contributed by atoms with Crippen molar-refractivity contribution in [3.8, 4) is 22.6 Å². The molecule has 0 aliphatic rings. The Labute approximate surface area is 280 Å². The quantitative estimate of drug-likeness (QED) is 0.134. The maximum absolute atomic E-state index is 13.5. The summed E-state index contributed by atoms with van der Waals surface area (Å²) in [4.78, 5) is 39.2. The molecule has 6 aromatic rings. The van der Waals surface area contributed by atoms with Crippen molar-refractivity contribution in [2.24, 2.45) is 0 Å². The molecule has 0 radical (unpaired) electrons. The number of aliphatic carboxylic acids is 1. The molecule has 0 saturated heterocycles. The molecule has 0 aliphatic heterocycles. The SMILES string of the molecule is O=C(NC(Cc1ccc(-c2ccccc2Oc2ccccc2)cc1)C(=O)O)c1cc(Br)ccc1NC(=O)c1cccc2ccccc12. The molecule has 1 unspecified atom stereocenters. The molecule has 8 heteroatoms. The van der Waals surface area contributed by atoms with E-state index in [2.05, 4.69) is 26.6 Å². The number of amides is 2. The van der Waals surface area contributed by atoms with Crippen molar-refractivity contribution in [3.05, 3.63) is 161 Å². The molecule has 2 amide bonds. The van der Waals surface area contributed by atoms with Gasteiger partial charge in [0, 0.05) is 22.0 Å². The Balaban J connectivity index is 1.18. The molecule has 232 valence electrons. The van der Waals surface area contributed by atoms with E-state index in [9.17, 15) is 19.5 Å². The summed E-state index contributed by atoms with van der Waals surface area (Å²) in [5, 5.41) is 17.2. The summed E-state index contributed by atoms with van der Waals surface area (Å²) in [5.74, 6) is -0.780. The molecule has 0 heterocycles. The van der Waals surface area contributed by atoms with Crippen molar-refractivity contribution in [2.75, 3.05) is 5.32 Å². The predicted molar refractivity (Wildman–Crippen MR) is 187 cm³/mol. The first-order chi connectivity index (χ1) is 22.9. The van der Waals surface area contributed by atoms with Crippen LogP contribution in [0.2, 0.25) is 0 Å². The van der Waals surface area contributed by atoms with Gasteiger partial charge in [-0.15, -0.1) is 0 Å². The fraction of sp³-hybridized carbons (Fsp3) is 0.0513. The van der Waals surface area contributed by atoms with Crippen LogP contribution in [-0.4, -0.2) is 28.9 Å². The molecule has 6 rings (SSSR count). The monoisotopic (exact) mass is 684 g/mol. The summed E-state index contributed by atoms with van der Waals surface area (Å²) in [6, 6.07) is 41.3. The fourth-order valence-corrected chi connectivity index (χ4v) is 5.69. The molecule has 0 aliphatic carbocycles. The van der Waals surface area contributed by atoms with Crippen LogP contribution in [0, 0.1) is 0 Å². The summed E-state index contributed by atoms with van der Waals surface area (Å²) in [5.41, 5.74) is 3.36. The number of para-hydroxylation sites is 2. The van der Waals surface area contributed by atoms with Gasteiger partial charge in [-0.3, -0.25) is 9.59 Å². The molecule has 0 aromatic heterocycles. The number of hydrogen-bond donors (Lipinski definition) is 3. The number of halogens is 1. The molecular weight excluding hydrogens is 656 g/mol. The standard InChI is InChI=1S/C39H29BrN2O5/c40-28-21-22-34(41-37(43)32-15-8-10-26-9-4-5-13-30(26)32)33(24-28)38(44)42-35(39(45)46)23-25-17-19-27(20-18-25)31-14-6-7-16-36(31)47-29-11-2-1-3-12-29/h1-22,24,35H,23H2,(H,41,43)(H,42,44)(H,45,46). The van der Waals surface area contributed by atoms with Crippen molar-refractivity contribution in [2.45, 2.75) is 12.5 Å². The number of nitrogens with one attached hydrogen (secondary N) is 2. The Bertz CT molecular complexity index is 2070. The third-order valence-corrected chi connectivity index (χ3v) is 8.17. The van der Waals surface area contributed by atoms with Crippen molar-refractivity contribution in [1.82, 2.24) is 5.32 Å². The molecule has 0 saturated carbocycles. The van der Waals surface area contributed by atoms with E-state index in [0.29, 0.717) is 15.8 Å². The number of carbonyl (C=O) groups is 3. The summed E-state index contributed by atoms with van der Waals surface area (Å²) in [7, 11) is 0. The maximum atomic E-state index is 13.5. The van der Waals surface area contributed by atoms with Gasteiger partial charge in [-0.05, 0) is 64.4 Å². The number of anilines is 1. The van der Waals surface area contributed by atoms with Crippen LogP contribution in [0.5, 0.6) is 11.5 Å². The van der Waals surface area contributed by atoms with Gasteiger partial charge in [-0.1, -0.05) is 113 Å². The van der Waals surface area contributed by atoms with Crippen LogP contribution in [0.3, 0.4) is 0 Å². The van der Waals surface area contributed by atoms with Crippen molar-refractivity contribution >= 4 is 50.2 Å². The number of benzene rings is 6. The lowest BCUT2D eigenvalue weighted by molar-refractivity contribution is -0.139. The summed E-state index contributed by atoms with van der Waals surface area (Å²) < 4.78 is 6.71. The van der Waals surface area contributed by atoms with E-state index in [1.165, 1.54) is 0 Å². The second kappa shape index (κ2) is 14.1. The lowest BCUT2D eigenvalue weighted by Gasteiger charge is -2.18. The summed E-state index contributed by atoms with van der Waals surface area (Å²) in [6.07, 6.45) is 0.0508. The molecule has 47 heavy (non-hydrogen) atoms. The van der Waals surface area contributed by atoms with E-state index < -0.39 is 17.9 Å². The first-order valence-corrected chi connectivity index (χ1v) is 15.7. The molecule has 1 atom stereocenters. The van der Waals surface area contributed by atoms with Gasteiger partial charge in [0.25, 0.3) is 11.8 Å². The molecule has 7 nitrogen and oxygen atoms in total. The van der Waals surface area contributed by atoms with Gasteiger partial charge < -0.3 is 20.5 Å². The van der Waals surface area contributed by atoms with Crippen molar-refractivity contribution in [1.29, 1.82) is 0 Å². The van der Waals surface area contributed by atoms with Crippen LogP contribution in [0.15, 0.2) is 144 Å². The number of rotatable bonds is 10. The minimum absolute atomic E-state index is 0.0508. The Morgan fingerprint density at radius 3 is 2.19 bits per heavy atom. The van der Waals surface area contributed by atoms with Crippen molar-refractivity contribution < 1.29 is 24.2 Å². The highest BCUT2D eigenvalue weighted by atomic mass is 79.9. The average Bonchev–Trinajstić information content (AvgIpc) is 3.09. The number of ether oxygens (including phenoxy) is 1. The molecular formula is C39H29BrN2O5. The normalized spacial score (nSPS) is 11.4. The van der Waals surface area contributed by atoms with Gasteiger partial charge in [-0.25, -0.2) is 4.79 Å². The maximum Gasteiger partial charge on any atom is 0.326 e. The first kappa shape index (κ1) is 31.3. The number of hydrogen-bond acceptors (Lipinski definition) is 4. The highest BCUT2D eigenvalue weighted by molar-refractivity contribution is 9.10. The zero-order chi connectivity index (χ0) is 32.8. The number of carbonyl (C=O) groups excluding carboxylic acids is 2. The predicted octanol–water partition coefficient (Wildman–Crippen LogP) is 8.74. The average molecular weight is 686 g/mol. The fourth-order valence-electron chi connectivity index (χ4n) is 5.33. The molecule has 0 spiro atoms. The molecule has 0 fully saturated rings. The number of carboxylic acid groups (broad SMARTS) is 1. The van der Waals surface area contributed by atoms with Crippen molar-refractivity contribution in [3.63, 3.8) is 0 Å². The second-order valence-corrected chi connectivity index (χ2v) is 11.8. The minimum Gasteiger partial charge on any atom is -0.480 e. The Kier molecular flexibility index (Phi) is 9.41. The molecule has 3 N–H and O–H groups in total. The Morgan fingerprint density at radius 1 is 0.702 bits per heavy atom. The molecule has 0 bridgehead atoms. The van der Waals surface area contributed by atoms with Gasteiger partial charge in [0.1, 0.15) is 17.5 Å². The third-order valence-electron chi connectivity index (χ3n) is 7.67. The van der Waals surface area contributed by atoms with E-state index in [1.807, 2.05) is 109 Å². The lowest BCUT2D eigenvalue weighted by atomic mass is 9.99. The van der Waals surface area contributed by atoms with E-state index >= 15 is 0 Å². The van der Waals surface area contributed by atoms with E-state index in [4.69, 9.17) is 4.74 Å². The van der Waals surface area contributed by atoms with Crippen LogP contribution in [0.4, 0.5) is 5.69 Å². The number of fused-ring (bicyclic) bond motifs is 1. The smallest absolute Gasteiger partial charge is 0.326 e. The first-order valence-electron chi connectivity index (χ1n) is 14.9. The van der Waals surface area contributed by atoms with Gasteiger partial charge in [-0.2, -0.15) is 0 Å². The van der Waals surface area contributed by atoms with Crippen LogP contribution in [0.25, 0.3) is 21.9 Å². The zero-order valence-electron chi connectivity index (χ0n) is 25.0. The largest absolute Gasteiger partial charge is 0.480 e. The summed E-state index contributed by atoms with van der Waals surface area (Å²) in [6.45, 7) is 0. The Hall–Kier alpha value is -5.73. The lowest BCUT2D eigenvalue weighted by Crippen LogP contribution is -2.42. The highest BCUT2D eigenvalue weighted by Gasteiger charge is 2.24. The van der Waals surface area contributed by atoms with Gasteiger partial charge in [0.2, 0.25) is 0 Å². The highest BCUT2D eigenvalue weighted by Crippen LogP contribution is 2.33. The van der Waals surface area contributed by atoms with Gasteiger partial charge in [0.05, 0.1) is 11.3 Å². The zero-order valence-corrected chi connectivity index (χ0v) is 26.6. The molecule has 6 aromatic carbocycles. The Morgan fingerprint density at radius 2 is 1.40 bits per heavy atom. The second-order valence-electron chi connectivity index (χ2n) is 10.8. The van der Waals surface area contributed by atoms with E-state index in [-0.39, 0.29) is 23.6 Å². The summed E-state index contributed by atoms with van der Waals surface area (Å²) >= 11 is 3.39. The minimum atomic E-state index is -1.22. The van der Waals surface area contributed by atoms with Crippen LogP contribution < -0.4 is 15.4 Å². The third kappa shape index (κ3) is 7.40. The van der Waals surface area contributed by atoms with Crippen LogP contribution in [-0.2, 0) is 11.2 Å². The van der Waals surface area contributed by atoms with E-state index in [1.54, 1.807) is 30.3 Å². The van der Waals surface area contributed by atoms with Gasteiger partial charge in [0.15, 0.2) is 0 Å². The van der Waals surface area contributed by atoms with Gasteiger partial charge >= 0.3 is 5.97 Å². The number of carboxylic acids is 1. The van der Waals surface area contributed by atoms with Crippen LogP contribution >= 0.6 is 15.9 Å². The topological polar surface area (TPSA) is 105 Å².